The molecule has 2 amide bonds. The molecular weight excluding hydrogens is 601 g/mol. The topological polar surface area (TPSA) is 127 Å². The van der Waals surface area contributed by atoms with Crippen LogP contribution in [0.15, 0.2) is 48.7 Å². The standard InChI is InChI=1S/C32H28FN5O6S/c1-17-11-21(27-24(12-17)35-26(42-2)15-34-27)30-36-25-14-23(33)28-22(29(25)45-30)13-20(44-28)16-38(32(40)41)19-5-3-18(4-6-19)31(39)37-7-9-43-10-8-37/h3-6,11-12,14-15,20H,7-10,13,16H2,1-2H3,(H,40,41). The quantitative estimate of drug-likeness (QED) is 0.265. The van der Waals surface area contributed by atoms with Crippen LogP contribution in [0.5, 0.6) is 11.6 Å². The second kappa shape index (κ2) is 11.6. The summed E-state index contributed by atoms with van der Waals surface area (Å²) in [7, 11) is 1.53. The summed E-state index contributed by atoms with van der Waals surface area (Å²) in [6, 6.07) is 11.7. The summed E-state index contributed by atoms with van der Waals surface area (Å²) in [6.07, 6.45) is 0.0356. The van der Waals surface area contributed by atoms with Gasteiger partial charge in [0.2, 0.25) is 5.88 Å². The first-order valence-corrected chi connectivity index (χ1v) is 15.2. The number of benzene rings is 3. The maximum Gasteiger partial charge on any atom is 0.411 e. The van der Waals surface area contributed by atoms with E-state index in [-0.39, 0.29) is 18.2 Å². The normalized spacial score (nSPS) is 16.1. The lowest BCUT2D eigenvalue weighted by Crippen LogP contribution is -2.40. The van der Waals surface area contributed by atoms with Gasteiger partial charge in [0.25, 0.3) is 5.91 Å². The van der Waals surface area contributed by atoms with Crippen molar-refractivity contribution in [3.05, 3.63) is 71.2 Å². The molecule has 2 aromatic heterocycles. The van der Waals surface area contributed by atoms with Crippen molar-refractivity contribution in [2.24, 2.45) is 0 Å². The van der Waals surface area contributed by atoms with Crippen molar-refractivity contribution in [1.82, 2.24) is 19.9 Å². The number of methoxy groups -OCH3 is 1. The van der Waals surface area contributed by atoms with Crippen LogP contribution in [0.1, 0.15) is 21.5 Å². The number of carboxylic acid groups (broad SMARTS) is 1. The van der Waals surface area contributed by atoms with Gasteiger partial charge >= 0.3 is 6.09 Å². The summed E-state index contributed by atoms with van der Waals surface area (Å²) in [5.74, 6) is -0.170. The maximum atomic E-state index is 15.3. The number of hydrogen-bond acceptors (Lipinski definition) is 9. The predicted octanol–water partition coefficient (Wildman–Crippen LogP) is 5.32. The van der Waals surface area contributed by atoms with E-state index >= 15 is 4.39 Å². The van der Waals surface area contributed by atoms with Crippen molar-refractivity contribution in [1.29, 1.82) is 0 Å². The molecular formula is C32H28FN5O6S. The van der Waals surface area contributed by atoms with Crippen molar-refractivity contribution in [2.45, 2.75) is 19.4 Å². The molecule has 13 heteroatoms. The van der Waals surface area contributed by atoms with E-state index in [0.717, 1.165) is 20.7 Å². The van der Waals surface area contributed by atoms with Crippen LogP contribution in [0.4, 0.5) is 14.9 Å². The number of aryl methyl sites for hydroxylation is 1. The highest BCUT2D eigenvalue weighted by Gasteiger charge is 2.33. The van der Waals surface area contributed by atoms with Crippen LogP contribution in [0.3, 0.4) is 0 Å². The number of ether oxygens (including phenoxy) is 3. The molecule has 0 radical (unpaired) electrons. The molecule has 3 aromatic carbocycles. The SMILES string of the molecule is COc1cnc2c(-c3nc4cc(F)c5c(c4s3)CC(CN(C(=O)O)c3ccc(C(=O)N4CCOCC4)cc3)O5)cc(C)cc2n1. The van der Waals surface area contributed by atoms with Gasteiger partial charge in [0.05, 0.1) is 54.3 Å². The molecule has 1 saturated heterocycles. The molecule has 11 nitrogen and oxygen atoms in total. The van der Waals surface area contributed by atoms with E-state index in [1.807, 2.05) is 19.1 Å². The van der Waals surface area contributed by atoms with Crippen LogP contribution in [-0.2, 0) is 11.2 Å². The Kier molecular flexibility index (Phi) is 7.42. The van der Waals surface area contributed by atoms with Crippen molar-refractivity contribution in [3.63, 3.8) is 0 Å². The van der Waals surface area contributed by atoms with Gasteiger partial charge in [-0.05, 0) is 48.9 Å². The minimum Gasteiger partial charge on any atom is -0.485 e. The maximum absolute atomic E-state index is 15.3. The number of halogens is 1. The van der Waals surface area contributed by atoms with E-state index in [9.17, 15) is 14.7 Å². The van der Waals surface area contributed by atoms with E-state index in [1.54, 1.807) is 35.4 Å². The fourth-order valence-corrected chi connectivity index (χ4v) is 6.90. The predicted molar refractivity (Wildman–Crippen MR) is 166 cm³/mol. The molecule has 1 atom stereocenters. The van der Waals surface area contributed by atoms with Gasteiger partial charge in [0, 0.05) is 48.0 Å². The van der Waals surface area contributed by atoms with E-state index in [0.29, 0.717) is 77.0 Å². The second-order valence-electron chi connectivity index (χ2n) is 10.9. The number of carbonyl (C=O) groups excluding carboxylic acids is 1. The Morgan fingerprint density at radius 2 is 1.91 bits per heavy atom. The number of fused-ring (bicyclic) bond motifs is 4. The molecule has 2 aliphatic heterocycles. The molecule has 1 fully saturated rings. The van der Waals surface area contributed by atoms with Crippen LogP contribution in [0.2, 0.25) is 0 Å². The molecule has 1 N–H and O–H groups in total. The van der Waals surface area contributed by atoms with Crippen LogP contribution in [0.25, 0.3) is 31.8 Å². The van der Waals surface area contributed by atoms with Gasteiger partial charge in [0.1, 0.15) is 11.1 Å². The molecule has 0 saturated carbocycles. The van der Waals surface area contributed by atoms with Gasteiger partial charge < -0.3 is 24.2 Å². The first kappa shape index (κ1) is 28.9. The van der Waals surface area contributed by atoms with Crippen molar-refractivity contribution < 1.29 is 33.3 Å². The minimum absolute atomic E-state index is 0.0344. The summed E-state index contributed by atoms with van der Waals surface area (Å²) in [4.78, 5) is 41.8. The molecule has 5 aromatic rings. The van der Waals surface area contributed by atoms with Crippen molar-refractivity contribution >= 4 is 50.3 Å². The summed E-state index contributed by atoms with van der Waals surface area (Å²) in [5, 5.41) is 10.7. The van der Waals surface area contributed by atoms with Gasteiger partial charge in [-0.25, -0.2) is 24.1 Å². The van der Waals surface area contributed by atoms with Crippen LogP contribution in [0, 0.1) is 12.7 Å². The number of carbonyl (C=O) groups is 2. The molecule has 45 heavy (non-hydrogen) atoms. The fourth-order valence-electron chi connectivity index (χ4n) is 5.78. The molecule has 2 aliphatic rings. The minimum atomic E-state index is -1.18. The van der Waals surface area contributed by atoms with Crippen LogP contribution < -0.4 is 14.4 Å². The van der Waals surface area contributed by atoms with Gasteiger partial charge in [-0.3, -0.25) is 9.69 Å². The van der Waals surface area contributed by atoms with E-state index < -0.39 is 18.0 Å². The molecule has 230 valence electrons. The Labute approximate surface area is 260 Å². The first-order valence-electron chi connectivity index (χ1n) is 14.4. The van der Waals surface area contributed by atoms with Gasteiger partial charge in [-0.2, -0.15) is 0 Å². The number of rotatable bonds is 6. The molecule has 0 spiro atoms. The molecule has 1 unspecified atom stereocenters. The number of anilines is 1. The third-order valence-electron chi connectivity index (χ3n) is 7.95. The lowest BCUT2D eigenvalue weighted by molar-refractivity contribution is 0.0303. The average Bonchev–Trinajstić information content (AvgIpc) is 3.68. The van der Waals surface area contributed by atoms with Crippen LogP contribution >= 0.6 is 11.3 Å². The number of morpholine rings is 1. The average molecular weight is 630 g/mol. The fraction of sp³-hybridized carbons (Fsp3) is 0.281. The number of nitrogens with zero attached hydrogens (tertiary/aromatic N) is 5. The van der Waals surface area contributed by atoms with Gasteiger partial charge in [0.15, 0.2) is 11.6 Å². The summed E-state index contributed by atoms with van der Waals surface area (Å²) >= 11 is 1.41. The monoisotopic (exact) mass is 629 g/mol. The Balaban J connectivity index is 1.15. The lowest BCUT2D eigenvalue weighted by Gasteiger charge is -2.27. The Hall–Kier alpha value is -4.88. The molecule has 4 heterocycles. The van der Waals surface area contributed by atoms with E-state index in [1.165, 1.54) is 24.5 Å². The highest BCUT2D eigenvalue weighted by Crippen LogP contribution is 2.43. The highest BCUT2D eigenvalue weighted by atomic mass is 32.1. The number of aromatic nitrogens is 3. The molecule has 0 aliphatic carbocycles. The zero-order valence-electron chi connectivity index (χ0n) is 24.4. The lowest BCUT2D eigenvalue weighted by atomic mass is 10.1. The molecule has 0 bridgehead atoms. The largest absolute Gasteiger partial charge is 0.485 e. The third kappa shape index (κ3) is 5.38. The summed E-state index contributed by atoms with van der Waals surface area (Å²) < 4.78 is 32.7. The Morgan fingerprint density at radius 1 is 1.13 bits per heavy atom. The first-order chi connectivity index (χ1) is 21.8. The summed E-state index contributed by atoms with van der Waals surface area (Å²) in [5.41, 5.74) is 5.05. The molecule has 7 rings (SSSR count). The Morgan fingerprint density at radius 3 is 2.64 bits per heavy atom. The van der Waals surface area contributed by atoms with E-state index in [2.05, 4.69) is 9.97 Å². The Bertz CT molecular complexity index is 1960. The number of hydrogen-bond donors (Lipinski definition) is 1. The number of thiazole rings is 1. The zero-order valence-corrected chi connectivity index (χ0v) is 25.3. The van der Waals surface area contributed by atoms with E-state index in [4.69, 9.17) is 19.2 Å². The van der Waals surface area contributed by atoms with Gasteiger partial charge in [-0.15, -0.1) is 11.3 Å². The second-order valence-corrected chi connectivity index (χ2v) is 11.9. The highest BCUT2D eigenvalue weighted by molar-refractivity contribution is 7.22. The third-order valence-corrected chi connectivity index (χ3v) is 9.11. The van der Waals surface area contributed by atoms with Gasteiger partial charge in [-0.1, -0.05) is 0 Å². The number of amides is 2. The smallest absolute Gasteiger partial charge is 0.411 e. The summed E-state index contributed by atoms with van der Waals surface area (Å²) in [6.45, 7) is 3.92. The van der Waals surface area contributed by atoms with Crippen molar-refractivity contribution in [3.8, 4) is 22.2 Å². The van der Waals surface area contributed by atoms with Crippen molar-refractivity contribution in [2.75, 3.05) is 44.9 Å². The van der Waals surface area contributed by atoms with Crippen LogP contribution in [-0.4, -0.2) is 83.0 Å². The zero-order chi connectivity index (χ0) is 31.2.